The Hall–Kier alpha value is -3.24. The van der Waals surface area contributed by atoms with Gasteiger partial charge in [0.1, 0.15) is 0 Å². The van der Waals surface area contributed by atoms with E-state index in [4.69, 9.17) is 4.98 Å². The standard InChI is InChI=1S/C26H27N7OS2/c1-35-20-13-28-25(29-14-20)30-18-5-6-19(12-18)31-26-32-21-7-4-17(11-23(21)36-26)24(34)33-10-8-16-3-2-9-27-22(16)15-33/h2-4,7,9,11,13-14,18-19H,5-6,8,10,12,15H2,1H3,(H,31,32)(H,28,29,30)/t18-,19-/m0/s1. The lowest BCUT2D eigenvalue weighted by Gasteiger charge is -2.28. The number of rotatable bonds is 6. The normalized spacial score (nSPS) is 19.3. The number of nitrogens with zero attached hydrogens (tertiary/aromatic N) is 5. The number of hydrogen-bond acceptors (Lipinski definition) is 9. The molecule has 184 valence electrons. The number of nitrogens with one attached hydrogen (secondary N) is 2. The summed E-state index contributed by atoms with van der Waals surface area (Å²) in [6.45, 7) is 1.28. The highest BCUT2D eigenvalue weighted by Crippen LogP contribution is 2.31. The van der Waals surface area contributed by atoms with Crippen molar-refractivity contribution >= 4 is 50.3 Å². The molecule has 0 spiro atoms. The summed E-state index contributed by atoms with van der Waals surface area (Å²) >= 11 is 3.25. The van der Waals surface area contributed by atoms with Gasteiger partial charge in [-0.05, 0) is 61.8 Å². The van der Waals surface area contributed by atoms with E-state index in [9.17, 15) is 4.79 Å². The smallest absolute Gasteiger partial charge is 0.254 e. The molecule has 4 aromatic rings. The van der Waals surface area contributed by atoms with Gasteiger partial charge in [-0.1, -0.05) is 17.4 Å². The molecule has 1 aliphatic heterocycles. The van der Waals surface area contributed by atoms with E-state index in [0.29, 0.717) is 36.7 Å². The van der Waals surface area contributed by atoms with E-state index in [1.807, 2.05) is 47.8 Å². The minimum atomic E-state index is 0.0496. The third-order valence-corrected chi connectivity index (χ3v) is 8.49. The van der Waals surface area contributed by atoms with E-state index < -0.39 is 0 Å². The van der Waals surface area contributed by atoms with Crippen LogP contribution in [0, 0.1) is 0 Å². The van der Waals surface area contributed by atoms with Gasteiger partial charge in [-0.3, -0.25) is 9.78 Å². The molecule has 4 heterocycles. The highest BCUT2D eigenvalue weighted by molar-refractivity contribution is 7.98. The first kappa shape index (κ1) is 23.2. The molecule has 0 radical (unpaired) electrons. The number of thiazole rings is 1. The van der Waals surface area contributed by atoms with Crippen LogP contribution in [-0.4, -0.2) is 55.6 Å². The minimum Gasteiger partial charge on any atom is -0.359 e. The van der Waals surface area contributed by atoms with Gasteiger partial charge in [-0.2, -0.15) is 0 Å². The fourth-order valence-electron chi connectivity index (χ4n) is 4.93. The number of pyridine rings is 1. The molecule has 0 unspecified atom stereocenters. The van der Waals surface area contributed by atoms with E-state index >= 15 is 0 Å². The first-order valence-corrected chi connectivity index (χ1v) is 14.2. The van der Waals surface area contributed by atoms with Crippen LogP contribution in [0.3, 0.4) is 0 Å². The van der Waals surface area contributed by atoms with Crippen LogP contribution in [-0.2, 0) is 13.0 Å². The molecule has 1 aromatic carbocycles. The first-order chi connectivity index (χ1) is 17.6. The number of fused-ring (bicyclic) bond motifs is 2. The van der Waals surface area contributed by atoms with Crippen molar-refractivity contribution in [1.82, 2.24) is 24.8 Å². The summed E-state index contributed by atoms with van der Waals surface area (Å²) in [6, 6.07) is 10.6. The van der Waals surface area contributed by atoms with Crippen molar-refractivity contribution in [2.75, 3.05) is 23.4 Å². The van der Waals surface area contributed by atoms with Crippen molar-refractivity contribution in [3.8, 4) is 0 Å². The number of carbonyl (C=O) groups excluding carboxylic acids is 1. The molecular weight excluding hydrogens is 490 g/mol. The number of hydrogen-bond donors (Lipinski definition) is 2. The Morgan fingerprint density at radius 1 is 1.11 bits per heavy atom. The first-order valence-electron chi connectivity index (χ1n) is 12.2. The van der Waals surface area contributed by atoms with Crippen LogP contribution in [0.1, 0.15) is 40.9 Å². The van der Waals surface area contributed by atoms with Crippen LogP contribution < -0.4 is 10.6 Å². The van der Waals surface area contributed by atoms with Crippen molar-refractivity contribution in [2.24, 2.45) is 0 Å². The molecule has 2 atom stereocenters. The second kappa shape index (κ2) is 10.0. The second-order valence-electron chi connectivity index (χ2n) is 9.23. The zero-order valence-electron chi connectivity index (χ0n) is 20.0. The van der Waals surface area contributed by atoms with Crippen molar-refractivity contribution in [2.45, 2.75) is 49.2 Å². The maximum atomic E-state index is 13.2. The lowest BCUT2D eigenvalue weighted by Crippen LogP contribution is -2.36. The molecule has 1 aliphatic carbocycles. The van der Waals surface area contributed by atoms with Crippen LogP contribution in [0.2, 0.25) is 0 Å². The van der Waals surface area contributed by atoms with E-state index in [-0.39, 0.29) is 5.91 Å². The van der Waals surface area contributed by atoms with Gasteiger partial charge in [0.25, 0.3) is 5.91 Å². The van der Waals surface area contributed by atoms with Crippen molar-refractivity contribution in [3.63, 3.8) is 0 Å². The predicted octanol–water partition coefficient (Wildman–Crippen LogP) is 4.85. The molecule has 10 heteroatoms. The Morgan fingerprint density at radius 2 is 1.94 bits per heavy atom. The third-order valence-electron chi connectivity index (χ3n) is 6.86. The average molecular weight is 518 g/mol. The largest absolute Gasteiger partial charge is 0.359 e. The molecule has 0 bridgehead atoms. The van der Waals surface area contributed by atoms with Crippen LogP contribution in [0.25, 0.3) is 10.2 Å². The quantitative estimate of drug-likeness (QED) is 0.351. The molecule has 2 N–H and O–H groups in total. The van der Waals surface area contributed by atoms with Crippen LogP contribution in [0.15, 0.2) is 53.8 Å². The summed E-state index contributed by atoms with van der Waals surface area (Å²) < 4.78 is 1.02. The van der Waals surface area contributed by atoms with Gasteiger partial charge in [0.15, 0.2) is 5.13 Å². The van der Waals surface area contributed by atoms with Gasteiger partial charge < -0.3 is 15.5 Å². The second-order valence-corrected chi connectivity index (χ2v) is 11.1. The van der Waals surface area contributed by atoms with Crippen molar-refractivity contribution < 1.29 is 4.79 Å². The molecule has 36 heavy (non-hydrogen) atoms. The van der Waals surface area contributed by atoms with Crippen molar-refractivity contribution in [3.05, 3.63) is 65.7 Å². The molecule has 1 saturated carbocycles. The SMILES string of the molecule is CSc1cnc(N[C@H]2CC[C@H](Nc3nc4ccc(C(=O)N5CCc6cccnc6C5)cc4s3)C2)nc1. The Balaban J connectivity index is 1.09. The van der Waals surface area contributed by atoms with Crippen molar-refractivity contribution in [1.29, 1.82) is 0 Å². The Labute approximate surface area is 218 Å². The number of thioether (sulfide) groups is 1. The number of carbonyl (C=O) groups is 1. The number of anilines is 2. The summed E-state index contributed by atoms with van der Waals surface area (Å²) in [5.74, 6) is 0.734. The maximum absolute atomic E-state index is 13.2. The topological polar surface area (TPSA) is 95.9 Å². The Kier molecular flexibility index (Phi) is 6.45. The molecule has 1 fully saturated rings. The number of amides is 1. The predicted molar refractivity (Wildman–Crippen MR) is 145 cm³/mol. The third kappa shape index (κ3) is 4.87. The zero-order valence-corrected chi connectivity index (χ0v) is 21.6. The summed E-state index contributed by atoms with van der Waals surface area (Å²) in [5, 5.41) is 7.96. The van der Waals surface area contributed by atoms with Crippen LogP contribution >= 0.6 is 23.1 Å². The molecule has 3 aromatic heterocycles. The van der Waals surface area contributed by atoms with Gasteiger partial charge in [0, 0.05) is 47.7 Å². The number of aromatic nitrogens is 4. The van der Waals surface area contributed by atoms with E-state index in [0.717, 1.165) is 51.6 Å². The average Bonchev–Trinajstić information content (AvgIpc) is 3.54. The summed E-state index contributed by atoms with van der Waals surface area (Å²) in [7, 11) is 0. The number of benzene rings is 1. The molecule has 6 rings (SSSR count). The highest BCUT2D eigenvalue weighted by atomic mass is 32.2. The van der Waals surface area contributed by atoms with Gasteiger partial charge in [-0.15, -0.1) is 11.8 Å². The monoisotopic (exact) mass is 517 g/mol. The fourth-order valence-corrected chi connectivity index (χ4v) is 6.23. The summed E-state index contributed by atoms with van der Waals surface area (Å²) in [4.78, 5) is 34.2. The van der Waals surface area contributed by atoms with Gasteiger partial charge in [0.2, 0.25) is 5.95 Å². The van der Waals surface area contributed by atoms with E-state index in [1.54, 1.807) is 29.3 Å². The molecule has 0 saturated heterocycles. The van der Waals surface area contributed by atoms with Gasteiger partial charge in [0.05, 0.1) is 22.5 Å². The summed E-state index contributed by atoms with van der Waals surface area (Å²) in [6.07, 6.45) is 11.5. The molecular formula is C26H27N7OS2. The lowest BCUT2D eigenvalue weighted by molar-refractivity contribution is 0.0732. The summed E-state index contributed by atoms with van der Waals surface area (Å²) in [5.41, 5.74) is 3.85. The zero-order chi connectivity index (χ0) is 24.5. The maximum Gasteiger partial charge on any atom is 0.254 e. The molecule has 1 amide bonds. The van der Waals surface area contributed by atoms with E-state index in [1.165, 1.54) is 5.56 Å². The fraction of sp³-hybridized carbons (Fsp3) is 0.346. The molecule has 8 nitrogen and oxygen atoms in total. The highest BCUT2D eigenvalue weighted by Gasteiger charge is 2.26. The van der Waals surface area contributed by atoms with Crippen LogP contribution in [0.4, 0.5) is 11.1 Å². The Morgan fingerprint density at radius 3 is 2.78 bits per heavy atom. The Bertz CT molecular complexity index is 1390. The van der Waals surface area contributed by atoms with Gasteiger partial charge in [-0.25, -0.2) is 15.0 Å². The minimum absolute atomic E-state index is 0.0496. The van der Waals surface area contributed by atoms with E-state index in [2.05, 4.69) is 31.7 Å². The molecule has 2 aliphatic rings. The lowest BCUT2D eigenvalue weighted by atomic mass is 10.0. The van der Waals surface area contributed by atoms with Crippen LogP contribution in [0.5, 0.6) is 0 Å². The van der Waals surface area contributed by atoms with Gasteiger partial charge >= 0.3 is 0 Å².